The summed E-state index contributed by atoms with van der Waals surface area (Å²) in [6, 6.07) is 4.26. The molecule has 0 unspecified atom stereocenters. The van der Waals surface area contributed by atoms with Crippen LogP contribution in [0.4, 0.5) is 0 Å². The number of rotatable bonds is 1. The molecule has 16 heavy (non-hydrogen) atoms. The Morgan fingerprint density at radius 2 is 1.94 bits per heavy atom. The molecule has 0 atom stereocenters. The van der Waals surface area contributed by atoms with Crippen molar-refractivity contribution in [2.45, 2.75) is 12.8 Å². The first-order valence-electron chi connectivity index (χ1n) is 5.43. The van der Waals surface area contributed by atoms with E-state index < -0.39 is 0 Å². The highest BCUT2D eigenvalue weighted by atomic mass is 16.5. The van der Waals surface area contributed by atoms with E-state index in [0.29, 0.717) is 24.4 Å². The third-order valence-corrected chi connectivity index (χ3v) is 2.91. The molecule has 4 nitrogen and oxygen atoms in total. The van der Waals surface area contributed by atoms with Crippen molar-refractivity contribution in [2.24, 2.45) is 0 Å². The van der Waals surface area contributed by atoms with Crippen molar-refractivity contribution in [1.82, 2.24) is 4.90 Å². The summed E-state index contributed by atoms with van der Waals surface area (Å²) >= 11 is 0. The van der Waals surface area contributed by atoms with Crippen LogP contribution in [0.25, 0.3) is 0 Å². The molecule has 0 aromatic carbocycles. The van der Waals surface area contributed by atoms with Gasteiger partial charge in [0.2, 0.25) is 0 Å². The van der Waals surface area contributed by atoms with Crippen LogP contribution in [-0.4, -0.2) is 31.2 Å². The summed E-state index contributed by atoms with van der Waals surface area (Å²) in [4.78, 5) is 2.17. The van der Waals surface area contributed by atoms with Gasteiger partial charge in [-0.2, -0.15) is 10.5 Å². The quantitative estimate of drug-likeness (QED) is 0.662. The zero-order valence-corrected chi connectivity index (χ0v) is 9.07. The van der Waals surface area contributed by atoms with Crippen LogP contribution >= 0.6 is 0 Å². The van der Waals surface area contributed by atoms with Crippen molar-refractivity contribution in [1.29, 1.82) is 10.5 Å². The monoisotopic (exact) mass is 215 g/mol. The van der Waals surface area contributed by atoms with Gasteiger partial charge in [0.25, 0.3) is 0 Å². The van der Waals surface area contributed by atoms with E-state index in [2.05, 4.69) is 17.0 Å². The highest BCUT2D eigenvalue weighted by Gasteiger charge is 2.22. The SMILES string of the molecule is N#CC1=CCCC(N2CCOCC2)=C1C#N. The minimum absolute atomic E-state index is 0.523. The molecule has 0 radical (unpaired) electrons. The van der Waals surface area contributed by atoms with Crippen LogP contribution in [0.3, 0.4) is 0 Å². The normalized spacial score (nSPS) is 21.1. The molecule has 1 aliphatic carbocycles. The van der Waals surface area contributed by atoms with E-state index in [4.69, 9.17) is 15.3 Å². The van der Waals surface area contributed by atoms with Gasteiger partial charge in [-0.15, -0.1) is 0 Å². The Kier molecular flexibility index (Phi) is 3.24. The zero-order chi connectivity index (χ0) is 11.4. The lowest BCUT2D eigenvalue weighted by atomic mass is 9.95. The Bertz CT molecular complexity index is 417. The number of morpholine rings is 1. The maximum atomic E-state index is 9.14. The highest BCUT2D eigenvalue weighted by Crippen LogP contribution is 2.27. The Morgan fingerprint density at radius 3 is 2.56 bits per heavy atom. The van der Waals surface area contributed by atoms with Gasteiger partial charge >= 0.3 is 0 Å². The molecule has 0 spiro atoms. The first-order valence-corrected chi connectivity index (χ1v) is 5.43. The first-order chi connectivity index (χ1) is 7.86. The van der Waals surface area contributed by atoms with E-state index in [1.807, 2.05) is 6.08 Å². The lowest BCUT2D eigenvalue weighted by Crippen LogP contribution is -2.36. The molecular weight excluding hydrogens is 202 g/mol. The number of hydrogen-bond donors (Lipinski definition) is 0. The molecule has 1 saturated heterocycles. The first kappa shape index (κ1) is 10.7. The maximum Gasteiger partial charge on any atom is 0.102 e. The van der Waals surface area contributed by atoms with Gasteiger partial charge in [0.1, 0.15) is 12.1 Å². The summed E-state index contributed by atoms with van der Waals surface area (Å²) in [7, 11) is 0. The molecule has 1 aliphatic heterocycles. The predicted octanol–water partition coefficient (Wildman–Crippen LogP) is 1.34. The summed E-state index contributed by atoms with van der Waals surface area (Å²) in [6.45, 7) is 3.04. The standard InChI is InChI=1S/C12H13N3O/c13-8-10-2-1-3-12(11(10)9-14)15-4-6-16-7-5-15/h2H,1,3-7H2. The second-order valence-corrected chi connectivity index (χ2v) is 3.80. The number of nitrogens with zero attached hydrogens (tertiary/aromatic N) is 3. The van der Waals surface area contributed by atoms with Gasteiger partial charge in [0.05, 0.1) is 24.4 Å². The summed E-state index contributed by atoms with van der Waals surface area (Å²) in [5, 5.41) is 18.1. The van der Waals surface area contributed by atoms with Crippen molar-refractivity contribution in [3.05, 3.63) is 22.9 Å². The van der Waals surface area contributed by atoms with E-state index in [9.17, 15) is 0 Å². The average molecular weight is 215 g/mol. The lowest BCUT2D eigenvalue weighted by Gasteiger charge is -2.32. The smallest absolute Gasteiger partial charge is 0.102 e. The van der Waals surface area contributed by atoms with Gasteiger partial charge < -0.3 is 9.64 Å². The Hall–Kier alpha value is -1.78. The van der Waals surface area contributed by atoms with Crippen molar-refractivity contribution in [3.63, 3.8) is 0 Å². The van der Waals surface area contributed by atoms with E-state index in [1.54, 1.807) is 0 Å². The molecule has 0 bridgehead atoms. The van der Waals surface area contributed by atoms with Gasteiger partial charge in [0.15, 0.2) is 0 Å². The van der Waals surface area contributed by atoms with Crippen molar-refractivity contribution < 1.29 is 4.74 Å². The molecule has 1 fully saturated rings. The molecule has 2 rings (SSSR count). The molecule has 4 heteroatoms. The molecule has 0 saturated carbocycles. The van der Waals surface area contributed by atoms with Gasteiger partial charge in [-0.1, -0.05) is 6.08 Å². The molecule has 1 heterocycles. The summed E-state index contributed by atoms with van der Waals surface area (Å²) in [6.07, 6.45) is 3.55. The van der Waals surface area contributed by atoms with Crippen LogP contribution in [0, 0.1) is 22.7 Å². The van der Waals surface area contributed by atoms with Crippen LogP contribution in [-0.2, 0) is 4.74 Å². The topological polar surface area (TPSA) is 60.1 Å². The Balaban J connectivity index is 2.30. The second kappa shape index (κ2) is 4.83. The fourth-order valence-electron chi connectivity index (χ4n) is 2.11. The van der Waals surface area contributed by atoms with Gasteiger partial charge in [0, 0.05) is 18.8 Å². The number of nitriles is 2. The van der Waals surface area contributed by atoms with Crippen LogP contribution in [0.15, 0.2) is 22.9 Å². The number of allylic oxidation sites excluding steroid dienone is 4. The molecule has 0 amide bonds. The molecule has 0 aromatic heterocycles. The van der Waals surface area contributed by atoms with Gasteiger partial charge in [-0.3, -0.25) is 0 Å². The van der Waals surface area contributed by atoms with Crippen molar-refractivity contribution >= 4 is 0 Å². The van der Waals surface area contributed by atoms with Gasteiger partial charge in [-0.25, -0.2) is 0 Å². The maximum absolute atomic E-state index is 9.14. The number of hydrogen-bond acceptors (Lipinski definition) is 4. The van der Waals surface area contributed by atoms with Crippen LogP contribution in [0.5, 0.6) is 0 Å². The molecule has 82 valence electrons. The zero-order valence-electron chi connectivity index (χ0n) is 9.07. The molecule has 2 aliphatic rings. The van der Waals surface area contributed by atoms with E-state index in [0.717, 1.165) is 31.6 Å². The summed E-state index contributed by atoms with van der Waals surface area (Å²) in [5.74, 6) is 0. The summed E-state index contributed by atoms with van der Waals surface area (Å²) in [5.41, 5.74) is 2.09. The van der Waals surface area contributed by atoms with Crippen LogP contribution in [0.1, 0.15) is 12.8 Å². The van der Waals surface area contributed by atoms with Crippen molar-refractivity contribution in [2.75, 3.05) is 26.3 Å². The predicted molar refractivity (Wildman–Crippen MR) is 58.0 cm³/mol. The minimum Gasteiger partial charge on any atom is -0.378 e. The van der Waals surface area contributed by atoms with Crippen LogP contribution in [0.2, 0.25) is 0 Å². The second-order valence-electron chi connectivity index (χ2n) is 3.80. The summed E-state index contributed by atoms with van der Waals surface area (Å²) < 4.78 is 5.29. The van der Waals surface area contributed by atoms with Crippen LogP contribution < -0.4 is 0 Å². The third-order valence-electron chi connectivity index (χ3n) is 2.91. The fourth-order valence-corrected chi connectivity index (χ4v) is 2.11. The molecule has 0 aromatic rings. The minimum atomic E-state index is 0.523. The van der Waals surface area contributed by atoms with Crippen molar-refractivity contribution in [3.8, 4) is 12.1 Å². The average Bonchev–Trinajstić information content (AvgIpc) is 2.38. The number of ether oxygens (including phenoxy) is 1. The van der Waals surface area contributed by atoms with E-state index >= 15 is 0 Å². The highest BCUT2D eigenvalue weighted by molar-refractivity contribution is 5.54. The Labute approximate surface area is 95.0 Å². The van der Waals surface area contributed by atoms with Gasteiger partial charge in [-0.05, 0) is 12.8 Å². The van der Waals surface area contributed by atoms with E-state index in [-0.39, 0.29) is 0 Å². The largest absolute Gasteiger partial charge is 0.378 e. The Morgan fingerprint density at radius 1 is 1.19 bits per heavy atom. The molecular formula is C12H13N3O. The third kappa shape index (κ3) is 1.93. The van der Waals surface area contributed by atoms with E-state index in [1.165, 1.54) is 0 Å². The lowest BCUT2D eigenvalue weighted by molar-refractivity contribution is 0.0517. The fraction of sp³-hybridized carbons (Fsp3) is 0.500. The molecule has 0 N–H and O–H groups in total.